The molecule has 1 fully saturated rings. The van der Waals surface area contributed by atoms with E-state index in [0.29, 0.717) is 27.8 Å². The van der Waals surface area contributed by atoms with Crippen molar-refractivity contribution < 1.29 is 23.9 Å². The van der Waals surface area contributed by atoms with Crippen LogP contribution in [0.4, 0.5) is 0 Å². The Morgan fingerprint density at radius 1 is 0.784 bits per heavy atom. The van der Waals surface area contributed by atoms with Crippen LogP contribution in [-0.4, -0.2) is 41.6 Å². The summed E-state index contributed by atoms with van der Waals surface area (Å²) in [6, 6.07) is 21.2. The summed E-state index contributed by atoms with van der Waals surface area (Å²) in [6.45, 7) is -1.15. The Balaban J connectivity index is 1.30. The lowest BCUT2D eigenvalue weighted by atomic mass is 9.54. The van der Waals surface area contributed by atoms with Crippen LogP contribution in [0.3, 0.4) is 0 Å². The first-order valence-electron chi connectivity index (χ1n) is 11.6. The molecule has 0 spiro atoms. The molecule has 1 aliphatic heterocycles. The maximum atomic E-state index is 13.7. The summed E-state index contributed by atoms with van der Waals surface area (Å²) in [4.78, 5) is 50.7. The molecule has 1 heterocycles. The molecule has 9 heteroatoms. The number of rotatable bonds is 5. The van der Waals surface area contributed by atoms with Crippen LogP contribution >= 0.6 is 39.1 Å². The van der Waals surface area contributed by atoms with E-state index in [1.54, 1.807) is 24.3 Å². The van der Waals surface area contributed by atoms with Crippen LogP contribution < -0.4 is 0 Å². The number of amides is 2. The number of alkyl halides is 2. The van der Waals surface area contributed by atoms with Crippen molar-refractivity contribution in [3.8, 4) is 0 Å². The molecule has 3 aromatic carbocycles. The van der Waals surface area contributed by atoms with Gasteiger partial charge in [-0.15, -0.1) is 23.2 Å². The number of Topliss-reactive ketones (excluding diaryl/α,β-unsaturated/α-hetero) is 1. The van der Waals surface area contributed by atoms with E-state index in [-0.39, 0.29) is 0 Å². The Hall–Kier alpha value is -3.00. The van der Waals surface area contributed by atoms with Crippen molar-refractivity contribution in [1.29, 1.82) is 0 Å². The van der Waals surface area contributed by atoms with Gasteiger partial charge in [0.1, 0.15) is 16.3 Å². The highest BCUT2D eigenvalue weighted by molar-refractivity contribution is 9.10. The summed E-state index contributed by atoms with van der Waals surface area (Å²) in [5.74, 6) is -4.45. The fourth-order valence-electron chi connectivity index (χ4n) is 5.92. The summed E-state index contributed by atoms with van der Waals surface area (Å²) in [5.41, 5.74) is 3.08. The molecule has 3 aromatic rings. The van der Waals surface area contributed by atoms with E-state index in [1.165, 1.54) is 0 Å². The number of carbonyl (C=O) groups excluding carboxylic acids is 4. The average molecular weight is 599 g/mol. The van der Waals surface area contributed by atoms with Crippen LogP contribution in [0.2, 0.25) is 0 Å². The largest absolute Gasteiger partial charge is 0.456 e. The average Bonchev–Trinajstić information content (AvgIpc) is 3.16. The molecule has 0 N–H and O–H groups in total. The quantitative estimate of drug-likeness (QED) is 0.183. The van der Waals surface area contributed by atoms with Crippen LogP contribution in [0.25, 0.3) is 0 Å². The molecule has 2 bridgehead atoms. The number of esters is 1. The topological polar surface area (TPSA) is 80.8 Å². The first kappa shape index (κ1) is 24.3. The molecule has 7 rings (SSSR count). The van der Waals surface area contributed by atoms with Gasteiger partial charge in [-0.1, -0.05) is 76.6 Å². The molecule has 1 saturated heterocycles. The standard InChI is InChI=1S/C28H18BrCl2NO5/c29-16-11-9-15(10-12-16)21(33)14-37-22(34)13-32-25(35)23-24(26(32)36)28(31)18-6-2-1-5-17(18)27(23,30)19-7-3-4-8-20(19)28/h1-12,23-24H,13-14H2/t23-,24-,27?,28?/m1/s1. The first-order chi connectivity index (χ1) is 17.7. The predicted octanol–water partition coefficient (Wildman–Crippen LogP) is 4.77. The number of hydrogen-bond donors (Lipinski definition) is 0. The van der Waals surface area contributed by atoms with Gasteiger partial charge in [0.05, 0.1) is 11.8 Å². The molecule has 4 aliphatic rings. The van der Waals surface area contributed by atoms with Crippen molar-refractivity contribution in [1.82, 2.24) is 4.90 Å². The van der Waals surface area contributed by atoms with Gasteiger partial charge in [0, 0.05) is 10.0 Å². The number of halogens is 3. The van der Waals surface area contributed by atoms with E-state index in [2.05, 4.69) is 15.9 Å². The Bertz CT molecular complexity index is 1380. The van der Waals surface area contributed by atoms with Gasteiger partial charge in [-0.2, -0.15) is 0 Å². The highest BCUT2D eigenvalue weighted by Gasteiger charge is 2.73. The number of likely N-dealkylation sites (tertiary alicyclic amines) is 1. The molecule has 2 amide bonds. The van der Waals surface area contributed by atoms with Crippen LogP contribution in [0, 0.1) is 11.8 Å². The number of benzene rings is 3. The van der Waals surface area contributed by atoms with Crippen molar-refractivity contribution >= 4 is 62.7 Å². The summed E-state index contributed by atoms with van der Waals surface area (Å²) in [5, 5.41) is 0. The lowest BCUT2D eigenvalue weighted by Gasteiger charge is -2.54. The number of imide groups is 1. The second-order valence-electron chi connectivity index (χ2n) is 9.32. The van der Waals surface area contributed by atoms with Crippen molar-refractivity contribution in [3.05, 3.63) is 105 Å². The molecule has 0 unspecified atom stereocenters. The monoisotopic (exact) mass is 597 g/mol. The Kier molecular flexibility index (Phi) is 5.60. The molecule has 37 heavy (non-hydrogen) atoms. The van der Waals surface area contributed by atoms with E-state index in [0.717, 1.165) is 9.37 Å². The number of hydrogen-bond acceptors (Lipinski definition) is 5. The van der Waals surface area contributed by atoms with Crippen molar-refractivity contribution in [3.63, 3.8) is 0 Å². The fraction of sp³-hybridized carbons (Fsp3) is 0.214. The third-order valence-electron chi connectivity index (χ3n) is 7.49. The van der Waals surface area contributed by atoms with Crippen molar-refractivity contribution in [2.24, 2.45) is 11.8 Å². The molecule has 0 saturated carbocycles. The summed E-state index contributed by atoms with van der Waals surface area (Å²) in [7, 11) is 0. The van der Waals surface area contributed by atoms with E-state index in [9.17, 15) is 19.2 Å². The zero-order valence-corrected chi connectivity index (χ0v) is 22.2. The second kappa shape index (κ2) is 8.51. The van der Waals surface area contributed by atoms with Gasteiger partial charge in [-0.3, -0.25) is 24.1 Å². The molecule has 0 radical (unpaired) electrons. The zero-order valence-electron chi connectivity index (χ0n) is 19.1. The molecule has 3 aliphatic carbocycles. The van der Waals surface area contributed by atoms with E-state index in [4.69, 9.17) is 27.9 Å². The fourth-order valence-corrected chi connectivity index (χ4v) is 7.28. The number of ether oxygens (including phenoxy) is 1. The third kappa shape index (κ3) is 3.30. The minimum absolute atomic E-state index is 0.371. The van der Waals surface area contributed by atoms with Gasteiger partial charge < -0.3 is 4.74 Å². The van der Waals surface area contributed by atoms with Crippen molar-refractivity contribution in [2.45, 2.75) is 9.75 Å². The van der Waals surface area contributed by atoms with Gasteiger partial charge in [-0.05, 0) is 34.4 Å². The van der Waals surface area contributed by atoms with Gasteiger partial charge >= 0.3 is 5.97 Å². The second-order valence-corrected chi connectivity index (χ2v) is 11.4. The molecular formula is C28H18BrCl2NO5. The van der Waals surface area contributed by atoms with Gasteiger partial charge in [0.15, 0.2) is 12.4 Å². The molecule has 186 valence electrons. The SMILES string of the molecule is O=C(CN1C(=O)[C@H]2[C@H](C1=O)C1(Cl)c3ccccc3C2(Cl)c2ccccc21)OCC(=O)c1ccc(Br)cc1. The molecule has 0 aromatic heterocycles. The van der Waals surface area contributed by atoms with Crippen LogP contribution in [0.1, 0.15) is 32.6 Å². The van der Waals surface area contributed by atoms with E-state index >= 15 is 0 Å². The molecular weight excluding hydrogens is 581 g/mol. The first-order valence-corrected chi connectivity index (χ1v) is 13.1. The smallest absolute Gasteiger partial charge is 0.326 e. The van der Waals surface area contributed by atoms with Crippen LogP contribution in [-0.2, 0) is 28.9 Å². The lowest BCUT2D eigenvalue weighted by Crippen LogP contribution is -2.57. The minimum Gasteiger partial charge on any atom is -0.456 e. The summed E-state index contributed by atoms with van der Waals surface area (Å²) < 4.78 is 5.94. The maximum absolute atomic E-state index is 13.7. The lowest BCUT2D eigenvalue weighted by molar-refractivity contribution is -0.152. The minimum atomic E-state index is -1.32. The van der Waals surface area contributed by atoms with Gasteiger partial charge in [0.25, 0.3) is 0 Å². The number of nitrogens with zero attached hydrogens (tertiary/aromatic N) is 1. The van der Waals surface area contributed by atoms with Crippen LogP contribution in [0.15, 0.2) is 77.3 Å². The molecule has 6 nitrogen and oxygen atoms in total. The van der Waals surface area contributed by atoms with E-state index < -0.39 is 58.3 Å². The zero-order chi connectivity index (χ0) is 26.1. The third-order valence-corrected chi connectivity index (χ3v) is 9.31. The maximum Gasteiger partial charge on any atom is 0.326 e. The Morgan fingerprint density at radius 3 is 1.65 bits per heavy atom. The molecule has 2 atom stereocenters. The number of ketones is 1. The van der Waals surface area contributed by atoms with E-state index in [1.807, 2.05) is 48.5 Å². The Labute approximate surface area is 230 Å². The van der Waals surface area contributed by atoms with Crippen LogP contribution in [0.5, 0.6) is 0 Å². The highest BCUT2D eigenvalue weighted by Crippen LogP contribution is 2.69. The normalized spacial score (nSPS) is 26.9. The summed E-state index contributed by atoms with van der Waals surface area (Å²) >= 11 is 18.0. The van der Waals surface area contributed by atoms with Crippen molar-refractivity contribution in [2.75, 3.05) is 13.2 Å². The predicted molar refractivity (Wildman–Crippen MR) is 139 cm³/mol. The highest BCUT2D eigenvalue weighted by atomic mass is 79.9. The summed E-state index contributed by atoms with van der Waals surface area (Å²) in [6.07, 6.45) is 0. The number of carbonyl (C=O) groups is 4. The van der Waals surface area contributed by atoms with Gasteiger partial charge in [-0.25, -0.2) is 0 Å². The Morgan fingerprint density at radius 2 is 1.22 bits per heavy atom. The van der Waals surface area contributed by atoms with Gasteiger partial charge in [0.2, 0.25) is 11.8 Å².